The van der Waals surface area contributed by atoms with E-state index in [2.05, 4.69) is 107 Å². The highest BCUT2D eigenvalue weighted by atomic mass is 14.8. The quantitative estimate of drug-likeness (QED) is 0.283. The van der Waals surface area contributed by atoms with Crippen LogP contribution in [0.25, 0.3) is 46.4 Å². The van der Waals surface area contributed by atoms with E-state index in [-0.39, 0.29) is 5.41 Å². The van der Waals surface area contributed by atoms with Crippen LogP contribution < -0.4 is 0 Å². The first-order chi connectivity index (χ1) is 15.6. The van der Waals surface area contributed by atoms with Gasteiger partial charge in [-0.3, -0.25) is 0 Å². The van der Waals surface area contributed by atoms with Crippen LogP contribution in [0.3, 0.4) is 0 Å². The normalized spacial score (nSPS) is 13.3. The van der Waals surface area contributed by atoms with Gasteiger partial charge in [0.2, 0.25) is 0 Å². The minimum absolute atomic E-state index is 0.0739. The summed E-state index contributed by atoms with van der Waals surface area (Å²) in [6.07, 6.45) is 8.55. The molecule has 2 N–H and O–H groups in total. The molecule has 0 spiro atoms. The van der Waals surface area contributed by atoms with Crippen LogP contribution in [0, 0.1) is 13.8 Å². The molecule has 2 aliphatic heterocycles. The Balaban J connectivity index is 2.01. The zero-order chi connectivity index (χ0) is 23.5. The molecular formula is C29H32N4. The first-order valence-corrected chi connectivity index (χ1v) is 11.7. The Bertz CT molecular complexity index is 1480. The van der Waals surface area contributed by atoms with Crippen molar-refractivity contribution in [2.45, 2.75) is 59.8 Å². The van der Waals surface area contributed by atoms with Gasteiger partial charge in [0.1, 0.15) is 0 Å². The van der Waals surface area contributed by atoms with Crippen LogP contribution in [-0.2, 0) is 5.41 Å². The summed E-state index contributed by atoms with van der Waals surface area (Å²) < 4.78 is 0. The summed E-state index contributed by atoms with van der Waals surface area (Å²) in [5.41, 5.74) is 13.1. The number of rotatable bonds is 1. The van der Waals surface area contributed by atoms with Crippen molar-refractivity contribution in [2.75, 3.05) is 0 Å². The van der Waals surface area contributed by atoms with Crippen molar-refractivity contribution in [2.24, 2.45) is 0 Å². The fourth-order valence-electron chi connectivity index (χ4n) is 4.91. The molecule has 0 fully saturated rings. The Morgan fingerprint density at radius 1 is 0.636 bits per heavy atom. The fourth-order valence-corrected chi connectivity index (χ4v) is 4.91. The average Bonchev–Trinajstić information content (AvgIpc) is 3.53. The van der Waals surface area contributed by atoms with E-state index < -0.39 is 0 Å². The molecule has 168 valence electrons. The van der Waals surface area contributed by atoms with E-state index in [1.807, 2.05) is 0 Å². The first kappa shape index (κ1) is 21.4. The lowest BCUT2D eigenvalue weighted by molar-refractivity contribution is 0.591. The van der Waals surface area contributed by atoms with Crippen molar-refractivity contribution in [1.82, 2.24) is 19.9 Å². The molecule has 0 aromatic carbocycles. The van der Waals surface area contributed by atoms with E-state index in [1.54, 1.807) is 0 Å². The highest BCUT2D eigenvalue weighted by Gasteiger charge is 2.22. The van der Waals surface area contributed by atoms with Crippen molar-refractivity contribution >= 4 is 46.4 Å². The van der Waals surface area contributed by atoms with Crippen LogP contribution in [0.4, 0.5) is 0 Å². The summed E-state index contributed by atoms with van der Waals surface area (Å²) in [5, 5.41) is 0. The number of aromatic nitrogens is 4. The number of aromatic amines is 2. The molecule has 0 radical (unpaired) electrons. The minimum Gasteiger partial charge on any atom is -0.355 e. The molecule has 0 unspecified atom stereocenters. The van der Waals surface area contributed by atoms with E-state index in [0.29, 0.717) is 5.92 Å². The number of hydrogen-bond acceptors (Lipinski definition) is 2. The molecule has 2 aliphatic rings. The monoisotopic (exact) mass is 436 g/mol. The maximum atomic E-state index is 5.17. The third-order valence-electron chi connectivity index (χ3n) is 6.65. The SMILES string of the molecule is Cc1c2nc(c(C)c3ccc([nH]3)c(C(C)(C)C)c3nc(c(C(C)C)c4ccc1[nH]4)C=C3)C=C2. The van der Waals surface area contributed by atoms with Gasteiger partial charge in [0.05, 0.1) is 22.8 Å². The molecule has 3 aromatic heterocycles. The van der Waals surface area contributed by atoms with Gasteiger partial charge in [0.15, 0.2) is 0 Å². The molecule has 33 heavy (non-hydrogen) atoms. The van der Waals surface area contributed by atoms with Gasteiger partial charge in [-0.1, -0.05) is 34.6 Å². The second kappa shape index (κ2) is 7.58. The molecular weight excluding hydrogens is 404 g/mol. The number of hydrogen-bond donors (Lipinski definition) is 2. The van der Waals surface area contributed by atoms with Crippen LogP contribution in [-0.4, -0.2) is 19.9 Å². The van der Waals surface area contributed by atoms with E-state index in [4.69, 9.17) is 9.97 Å². The molecule has 0 amide bonds. The van der Waals surface area contributed by atoms with Crippen molar-refractivity contribution in [3.8, 4) is 0 Å². The summed E-state index contributed by atoms with van der Waals surface area (Å²) in [6.45, 7) is 15.5. The maximum absolute atomic E-state index is 5.17. The molecule has 0 aliphatic carbocycles. The van der Waals surface area contributed by atoms with Crippen molar-refractivity contribution in [3.05, 3.63) is 69.3 Å². The van der Waals surface area contributed by atoms with Crippen LogP contribution in [0.1, 0.15) is 85.6 Å². The number of nitrogens with zero attached hydrogens (tertiary/aromatic N) is 2. The predicted octanol–water partition coefficient (Wildman–Crippen LogP) is 7.69. The van der Waals surface area contributed by atoms with Crippen LogP contribution >= 0.6 is 0 Å². The summed E-state index contributed by atoms with van der Waals surface area (Å²) in [6, 6.07) is 8.67. The second-order valence-electron chi connectivity index (χ2n) is 10.4. The smallest absolute Gasteiger partial charge is 0.0695 e. The molecule has 0 saturated heterocycles. The van der Waals surface area contributed by atoms with Gasteiger partial charge in [-0.25, -0.2) is 9.97 Å². The van der Waals surface area contributed by atoms with Gasteiger partial charge in [-0.15, -0.1) is 0 Å². The van der Waals surface area contributed by atoms with Gasteiger partial charge in [-0.05, 0) is 84.9 Å². The zero-order valence-corrected chi connectivity index (χ0v) is 20.6. The maximum Gasteiger partial charge on any atom is 0.0695 e. The standard InChI is InChI=1S/C29H32N4/c1-16(2)27-23-12-10-21(31-23)17(3)19-8-9-20(30-19)18(4)22-11-14-25(32-22)28(29(5,6)7)26-15-13-24(27)33-26/h8-16,31-32H,1-7H3. The van der Waals surface area contributed by atoms with Crippen molar-refractivity contribution in [1.29, 1.82) is 0 Å². The van der Waals surface area contributed by atoms with E-state index in [0.717, 1.165) is 56.0 Å². The van der Waals surface area contributed by atoms with Crippen molar-refractivity contribution in [3.63, 3.8) is 0 Å². The molecule has 3 aromatic rings. The number of fused-ring (bicyclic) bond motifs is 8. The topological polar surface area (TPSA) is 57.4 Å². The summed E-state index contributed by atoms with van der Waals surface area (Å²) in [4.78, 5) is 17.5. The van der Waals surface area contributed by atoms with Gasteiger partial charge < -0.3 is 9.97 Å². The molecule has 0 atom stereocenters. The number of aryl methyl sites for hydroxylation is 2. The predicted molar refractivity (Wildman–Crippen MR) is 141 cm³/mol. The highest BCUT2D eigenvalue weighted by molar-refractivity contribution is 5.83. The summed E-state index contributed by atoms with van der Waals surface area (Å²) in [5.74, 6) is 0.328. The molecule has 5 heterocycles. The Kier molecular flexibility index (Phi) is 4.93. The Morgan fingerprint density at radius 2 is 1.09 bits per heavy atom. The van der Waals surface area contributed by atoms with Gasteiger partial charge >= 0.3 is 0 Å². The zero-order valence-electron chi connectivity index (χ0n) is 20.6. The van der Waals surface area contributed by atoms with Crippen molar-refractivity contribution < 1.29 is 0 Å². The lowest BCUT2D eigenvalue weighted by Gasteiger charge is -2.20. The van der Waals surface area contributed by atoms with E-state index in [9.17, 15) is 0 Å². The Hall–Kier alpha value is -3.40. The highest BCUT2D eigenvalue weighted by Crippen LogP contribution is 2.33. The number of nitrogens with one attached hydrogen (secondary N) is 2. The lowest BCUT2D eigenvalue weighted by atomic mass is 9.85. The third kappa shape index (κ3) is 3.64. The van der Waals surface area contributed by atoms with Crippen LogP contribution in [0.5, 0.6) is 0 Å². The van der Waals surface area contributed by atoms with E-state index >= 15 is 0 Å². The fraction of sp³-hybridized carbons (Fsp3) is 0.310. The molecule has 8 bridgehead atoms. The first-order valence-electron chi connectivity index (χ1n) is 11.7. The Labute approximate surface area is 195 Å². The van der Waals surface area contributed by atoms with Gasteiger partial charge in [-0.2, -0.15) is 0 Å². The molecule has 4 heteroatoms. The van der Waals surface area contributed by atoms with Gasteiger partial charge in [0.25, 0.3) is 0 Å². The lowest BCUT2D eigenvalue weighted by Crippen LogP contribution is -2.13. The molecule has 0 saturated carbocycles. The van der Waals surface area contributed by atoms with Crippen LogP contribution in [0.2, 0.25) is 0 Å². The summed E-state index contributed by atoms with van der Waals surface area (Å²) >= 11 is 0. The minimum atomic E-state index is -0.0739. The summed E-state index contributed by atoms with van der Waals surface area (Å²) in [7, 11) is 0. The van der Waals surface area contributed by atoms with E-state index in [1.165, 1.54) is 11.1 Å². The average molecular weight is 437 g/mol. The largest absolute Gasteiger partial charge is 0.355 e. The third-order valence-corrected chi connectivity index (χ3v) is 6.65. The molecule has 5 rings (SSSR count). The van der Waals surface area contributed by atoms with Gasteiger partial charge in [0, 0.05) is 33.2 Å². The Morgan fingerprint density at radius 3 is 1.67 bits per heavy atom. The number of H-pyrrole nitrogens is 2. The molecule has 4 nitrogen and oxygen atoms in total. The second-order valence-corrected chi connectivity index (χ2v) is 10.4. The van der Waals surface area contributed by atoms with Crippen LogP contribution in [0.15, 0.2) is 24.3 Å².